The van der Waals surface area contributed by atoms with Crippen molar-refractivity contribution in [2.75, 3.05) is 0 Å². The Labute approximate surface area is 319 Å². The molecule has 48 heavy (non-hydrogen) atoms. The zero-order valence-corrected chi connectivity index (χ0v) is 34.1. The third-order valence-corrected chi connectivity index (χ3v) is 4.06. The van der Waals surface area contributed by atoms with Gasteiger partial charge in [0.2, 0.25) is 0 Å². The van der Waals surface area contributed by atoms with Gasteiger partial charge in [0.05, 0.1) is 0 Å². The Bertz CT molecular complexity index is 1160. The van der Waals surface area contributed by atoms with E-state index in [9.17, 15) is 10.2 Å². The third-order valence-electron chi connectivity index (χ3n) is 4.06. The molecule has 4 rings (SSSR count). The number of hydrogen-bond acceptors (Lipinski definition) is 8. The van der Waals surface area contributed by atoms with Gasteiger partial charge in [0.25, 0.3) is 0 Å². The third kappa shape index (κ3) is 32.7. The Morgan fingerprint density at radius 3 is 0.729 bits per heavy atom. The number of phenols is 2. The van der Waals surface area contributed by atoms with Crippen LogP contribution in [0.2, 0.25) is 0 Å². The van der Waals surface area contributed by atoms with E-state index in [2.05, 4.69) is 0 Å². The van der Waals surface area contributed by atoms with Crippen LogP contribution >= 0.6 is 0 Å². The molecule has 0 aliphatic rings. The maximum absolute atomic E-state index is 10.4. The largest absolute Gasteiger partial charge is 0.507 e. The summed E-state index contributed by atoms with van der Waals surface area (Å²) in [5.41, 5.74) is 1.35. The van der Waals surface area contributed by atoms with Gasteiger partial charge in [0, 0.05) is 91.2 Å². The minimum atomic E-state index is -0.167. The summed E-state index contributed by atoms with van der Waals surface area (Å²) in [6.07, 6.45) is -1.00. The molecule has 0 saturated heterocycles. The first-order valence-electron chi connectivity index (χ1n) is 15.7. The quantitative estimate of drug-likeness (QED) is 0.0938. The van der Waals surface area contributed by atoms with Gasteiger partial charge < -0.3 is 40.9 Å². The second kappa shape index (κ2) is 32.4. The Hall–Kier alpha value is -1.81. The van der Waals surface area contributed by atoms with Crippen molar-refractivity contribution >= 4 is 21.5 Å². The number of aromatic hydroxyl groups is 2. The van der Waals surface area contributed by atoms with Crippen molar-refractivity contribution in [3.05, 3.63) is 72.8 Å². The van der Waals surface area contributed by atoms with Gasteiger partial charge in [-0.25, -0.2) is 0 Å². The van der Waals surface area contributed by atoms with Crippen molar-refractivity contribution in [3.8, 4) is 22.6 Å². The Morgan fingerprint density at radius 2 is 0.521 bits per heavy atom. The van der Waals surface area contributed by atoms with Crippen LogP contribution in [0.15, 0.2) is 72.8 Å². The summed E-state index contributed by atoms with van der Waals surface area (Å²) in [7, 11) is 0. The molecule has 4 aromatic rings. The molecule has 0 amide bonds. The summed E-state index contributed by atoms with van der Waals surface area (Å²) in [4.78, 5) is 0. The molecular weight excluding hydrogens is 680 g/mol. The predicted octanol–water partition coefficient (Wildman–Crippen LogP) is 7.39. The molecule has 0 radical (unpaired) electrons. The first kappa shape index (κ1) is 55.6. The standard InChI is InChI=1S/C20H14O2.6C3H8O.2Ti/c21-17-11-9-13-5-1-3-7-15(13)19(17)20-16-8-4-2-6-14(16)10-12-18(20)22;6*1-3(2)4;;/h1-12,21-22H;6*3-4H,1-2H3;;. The van der Waals surface area contributed by atoms with Crippen LogP contribution in [0.5, 0.6) is 11.5 Å². The van der Waals surface area contributed by atoms with Gasteiger partial charge in [-0.3, -0.25) is 0 Å². The minimum absolute atomic E-state index is 0. The van der Waals surface area contributed by atoms with E-state index in [1.54, 1.807) is 95.2 Å². The number of aliphatic hydroxyl groups excluding tert-OH is 6. The molecule has 0 spiro atoms. The van der Waals surface area contributed by atoms with Gasteiger partial charge in [-0.2, -0.15) is 0 Å². The van der Waals surface area contributed by atoms with Crippen LogP contribution in [0.1, 0.15) is 83.1 Å². The van der Waals surface area contributed by atoms with Crippen molar-refractivity contribution in [1.29, 1.82) is 0 Å². The summed E-state index contributed by atoms with van der Waals surface area (Å²) >= 11 is 0. The van der Waals surface area contributed by atoms with Gasteiger partial charge in [-0.1, -0.05) is 60.7 Å². The number of benzene rings is 4. The summed E-state index contributed by atoms with van der Waals surface area (Å²) in [6, 6.07) is 22.9. The zero-order valence-electron chi connectivity index (χ0n) is 31.0. The fourth-order valence-corrected chi connectivity index (χ4v) is 3.05. The predicted molar refractivity (Wildman–Crippen MR) is 194 cm³/mol. The summed E-state index contributed by atoms with van der Waals surface area (Å²) < 4.78 is 0. The van der Waals surface area contributed by atoms with E-state index in [0.29, 0.717) is 11.1 Å². The van der Waals surface area contributed by atoms with Gasteiger partial charge in [-0.05, 0) is 117 Å². The van der Waals surface area contributed by atoms with Gasteiger partial charge in [0.1, 0.15) is 11.5 Å². The average molecular weight is 743 g/mol. The maximum Gasteiger partial charge on any atom is 0.124 e. The molecule has 0 aliphatic carbocycles. The van der Waals surface area contributed by atoms with Crippen molar-refractivity contribution in [3.63, 3.8) is 0 Å². The second-order valence-electron chi connectivity index (χ2n) is 11.9. The zero-order chi connectivity index (χ0) is 36.6. The molecule has 0 bridgehead atoms. The van der Waals surface area contributed by atoms with Crippen LogP contribution in [-0.2, 0) is 43.4 Å². The number of fused-ring (bicyclic) bond motifs is 2. The maximum atomic E-state index is 10.4. The number of hydrogen-bond donors (Lipinski definition) is 8. The Balaban J connectivity index is -0.000000196. The fourth-order valence-electron chi connectivity index (χ4n) is 3.05. The molecule has 10 heteroatoms. The van der Waals surface area contributed by atoms with Crippen molar-refractivity contribution in [2.45, 2.75) is 120 Å². The van der Waals surface area contributed by atoms with Gasteiger partial charge in [-0.15, -0.1) is 0 Å². The average Bonchev–Trinajstić information content (AvgIpc) is 2.87. The molecule has 0 heterocycles. The SMILES string of the molecule is CC(C)O.CC(C)O.CC(C)O.CC(C)O.CC(C)O.CC(C)O.Oc1ccc2ccccc2c1-c1c(O)ccc2ccccc12.[Ti].[Ti]. The first-order chi connectivity index (χ1) is 21.1. The number of rotatable bonds is 1. The number of phenolic OH excluding ortho intramolecular Hbond substituents is 2. The summed E-state index contributed by atoms with van der Waals surface area (Å²) in [6.45, 7) is 20.7. The van der Waals surface area contributed by atoms with Crippen LogP contribution < -0.4 is 0 Å². The van der Waals surface area contributed by atoms with E-state index in [-0.39, 0.29) is 91.6 Å². The molecule has 4 aromatic carbocycles. The fraction of sp³-hybridized carbons (Fsp3) is 0.474. The topological polar surface area (TPSA) is 162 Å². The molecule has 8 nitrogen and oxygen atoms in total. The molecule has 0 aromatic heterocycles. The Kier molecular flexibility index (Phi) is 37.5. The van der Waals surface area contributed by atoms with Crippen LogP contribution in [-0.4, -0.2) is 77.5 Å². The van der Waals surface area contributed by atoms with Crippen molar-refractivity contribution in [1.82, 2.24) is 0 Å². The van der Waals surface area contributed by atoms with E-state index < -0.39 is 0 Å². The molecule has 0 aliphatic heterocycles. The minimum Gasteiger partial charge on any atom is -0.507 e. The van der Waals surface area contributed by atoms with E-state index in [1.165, 1.54) is 0 Å². The normalized spacial score (nSPS) is 9.58. The van der Waals surface area contributed by atoms with Gasteiger partial charge in [0.15, 0.2) is 0 Å². The van der Waals surface area contributed by atoms with Crippen LogP contribution in [0.25, 0.3) is 32.7 Å². The monoisotopic (exact) mass is 742 g/mol. The molecule has 0 fully saturated rings. The molecule has 8 N–H and O–H groups in total. The summed E-state index contributed by atoms with van der Waals surface area (Å²) in [5, 5.41) is 73.1. The van der Waals surface area contributed by atoms with Crippen LogP contribution in [0.4, 0.5) is 0 Å². The smallest absolute Gasteiger partial charge is 0.124 e. The van der Waals surface area contributed by atoms with E-state index in [4.69, 9.17) is 30.6 Å². The molecule has 270 valence electrons. The van der Waals surface area contributed by atoms with E-state index >= 15 is 0 Å². The van der Waals surface area contributed by atoms with Crippen LogP contribution in [0, 0.1) is 0 Å². The van der Waals surface area contributed by atoms with Crippen LogP contribution in [0.3, 0.4) is 0 Å². The molecule has 0 atom stereocenters. The number of aliphatic hydroxyl groups is 6. The molecular formula is C38H62O8Ti2. The van der Waals surface area contributed by atoms with Crippen molar-refractivity contribution < 1.29 is 84.3 Å². The molecule has 0 saturated carbocycles. The molecule has 0 unspecified atom stereocenters. The van der Waals surface area contributed by atoms with E-state index in [1.807, 2.05) is 60.7 Å². The van der Waals surface area contributed by atoms with Gasteiger partial charge >= 0.3 is 0 Å². The Morgan fingerprint density at radius 1 is 0.333 bits per heavy atom. The van der Waals surface area contributed by atoms with E-state index in [0.717, 1.165) is 21.5 Å². The first-order valence-corrected chi connectivity index (χ1v) is 15.7. The second-order valence-corrected chi connectivity index (χ2v) is 11.9. The van der Waals surface area contributed by atoms with Crippen molar-refractivity contribution in [2.24, 2.45) is 0 Å². The summed E-state index contributed by atoms with van der Waals surface area (Å²) in [5.74, 6) is 0.343.